The number of aromatic nitrogens is 3. The summed E-state index contributed by atoms with van der Waals surface area (Å²) < 4.78 is 45.0. The van der Waals surface area contributed by atoms with E-state index >= 15 is 0 Å². The lowest BCUT2D eigenvalue weighted by Crippen LogP contribution is -2.49. The van der Waals surface area contributed by atoms with Crippen molar-refractivity contribution in [2.45, 2.75) is 127 Å². The molecule has 0 bridgehead atoms. The van der Waals surface area contributed by atoms with E-state index in [0.29, 0.717) is 23.1 Å². The van der Waals surface area contributed by atoms with Crippen LogP contribution in [0.25, 0.3) is 17.0 Å². The molecule has 1 saturated carbocycles. The van der Waals surface area contributed by atoms with Crippen molar-refractivity contribution >= 4 is 19.4 Å². The number of unbranched alkanes of at least 4 members (excludes halogenated alkanes) is 1. The molecule has 1 N–H and O–H groups in total. The molecule has 1 aliphatic carbocycles. The molecule has 0 radical (unpaired) electrons. The fourth-order valence-corrected chi connectivity index (χ4v) is 8.47. The van der Waals surface area contributed by atoms with Crippen molar-refractivity contribution in [3.05, 3.63) is 35.4 Å². The summed E-state index contributed by atoms with van der Waals surface area (Å²) >= 11 is 0. The molecule has 12 heteroatoms. The van der Waals surface area contributed by atoms with Crippen LogP contribution < -0.4 is 9.26 Å². The molecule has 11 nitrogen and oxygen atoms in total. The number of carbonyl (C=O) groups excluding carboxylic acids is 1. The lowest BCUT2D eigenvalue weighted by atomic mass is 9.59. The second kappa shape index (κ2) is 16.6. The Morgan fingerprint density at radius 1 is 1.04 bits per heavy atom. The Kier molecular flexibility index (Phi) is 13.1. The summed E-state index contributed by atoms with van der Waals surface area (Å²) in [6.07, 6.45) is 5.26. The number of para-hydroxylation sites is 1. The summed E-state index contributed by atoms with van der Waals surface area (Å²) in [6.45, 7) is 23.0. The number of rotatable bonds is 15. The first-order valence-corrected chi connectivity index (χ1v) is 20.1. The summed E-state index contributed by atoms with van der Waals surface area (Å²) in [5, 5.41) is 13.8. The average Bonchev–Trinajstić information content (AvgIpc) is 3.60. The Hall–Kier alpha value is -3.32. The lowest BCUT2D eigenvalue weighted by molar-refractivity contribution is -0.0922. The molecule has 1 fully saturated rings. The van der Waals surface area contributed by atoms with Crippen molar-refractivity contribution < 1.29 is 32.4 Å². The minimum atomic E-state index is -4.21. The Balaban J connectivity index is 1.91. The molecule has 4 rings (SSSR count). The van der Waals surface area contributed by atoms with Crippen LogP contribution in [0.15, 0.2) is 24.3 Å². The molecule has 0 spiro atoms. The van der Waals surface area contributed by atoms with Crippen molar-refractivity contribution in [1.29, 1.82) is 5.26 Å². The van der Waals surface area contributed by atoms with Crippen molar-refractivity contribution in [2.24, 2.45) is 28.6 Å². The summed E-state index contributed by atoms with van der Waals surface area (Å²) in [5.74, 6) is 0.678. The van der Waals surface area contributed by atoms with Gasteiger partial charge in [-0.1, -0.05) is 87.3 Å². The topological polar surface area (TPSA) is 137 Å². The van der Waals surface area contributed by atoms with E-state index < -0.39 is 19.9 Å². The van der Waals surface area contributed by atoms with Crippen molar-refractivity contribution in [3.63, 3.8) is 0 Å². The van der Waals surface area contributed by atoms with Gasteiger partial charge in [0.25, 0.3) is 0 Å². The van der Waals surface area contributed by atoms with Gasteiger partial charge in [-0.15, -0.1) is 0 Å². The minimum Gasteiger partial charge on any atom is -0.490 e. The number of hydrogen-bond acceptors (Lipinski definition) is 9. The number of phosphoric ester groups is 1. The molecule has 51 heavy (non-hydrogen) atoms. The van der Waals surface area contributed by atoms with Gasteiger partial charge in [-0.05, 0) is 68.4 Å². The van der Waals surface area contributed by atoms with E-state index in [1.807, 2.05) is 24.3 Å². The molecule has 2 heterocycles. The number of nitriles is 1. The van der Waals surface area contributed by atoms with Crippen LogP contribution in [-0.4, -0.2) is 46.0 Å². The van der Waals surface area contributed by atoms with E-state index in [1.54, 1.807) is 13.8 Å². The molecule has 0 amide bonds. The highest BCUT2D eigenvalue weighted by Gasteiger charge is 2.49. The van der Waals surface area contributed by atoms with Gasteiger partial charge < -0.3 is 14.0 Å². The van der Waals surface area contributed by atoms with Crippen LogP contribution in [0.2, 0.25) is 0 Å². The molecule has 1 aromatic carbocycles. The lowest BCUT2D eigenvalue weighted by Gasteiger charge is -2.50. The van der Waals surface area contributed by atoms with E-state index in [1.165, 1.54) is 4.52 Å². The van der Waals surface area contributed by atoms with Gasteiger partial charge in [0.2, 0.25) is 5.88 Å². The van der Waals surface area contributed by atoms with E-state index in [4.69, 9.17) is 28.0 Å². The fourth-order valence-electron chi connectivity index (χ4n) is 7.28. The van der Waals surface area contributed by atoms with Crippen LogP contribution in [0.4, 0.5) is 0 Å². The van der Waals surface area contributed by atoms with Gasteiger partial charge in [0.05, 0.1) is 24.9 Å². The number of carbonyl (C=O) groups is 1. The number of H-pyrrole nitrogens is 1. The van der Waals surface area contributed by atoms with Crippen molar-refractivity contribution in [3.8, 4) is 29.1 Å². The van der Waals surface area contributed by atoms with Crippen molar-refractivity contribution in [1.82, 2.24) is 14.6 Å². The van der Waals surface area contributed by atoms with E-state index in [0.717, 1.165) is 38.5 Å². The zero-order valence-corrected chi connectivity index (χ0v) is 33.4. The van der Waals surface area contributed by atoms with Gasteiger partial charge in [0.15, 0.2) is 11.5 Å². The van der Waals surface area contributed by atoms with Crippen molar-refractivity contribution in [2.75, 3.05) is 13.2 Å². The van der Waals surface area contributed by atoms with Crippen LogP contribution in [0, 0.1) is 39.9 Å². The molecule has 0 aliphatic heterocycles. The second-order valence-electron chi connectivity index (χ2n) is 16.0. The number of nitrogens with one attached hydrogen (secondary N) is 1. The Morgan fingerprint density at radius 3 is 2.18 bits per heavy atom. The van der Waals surface area contributed by atoms with Crippen LogP contribution in [-0.2, 0) is 18.3 Å². The largest absolute Gasteiger partial charge is 0.531 e. The van der Waals surface area contributed by atoms with Gasteiger partial charge in [0, 0.05) is 11.8 Å². The number of hydrogen-bond donors (Lipinski definition) is 1. The summed E-state index contributed by atoms with van der Waals surface area (Å²) in [6, 6.07) is 9.65. The third-order valence-corrected chi connectivity index (χ3v) is 11.5. The first-order valence-electron chi connectivity index (χ1n) is 18.6. The minimum absolute atomic E-state index is 0.00893. The predicted octanol–water partition coefficient (Wildman–Crippen LogP) is 10.4. The Bertz CT molecular complexity index is 1690. The zero-order valence-electron chi connectivity index (χ0n) is 32.5. The summed E-state index contributed by atoms with van der Waals surface area (Å²) in [5.41, 5.74) is 0.190. The first-order chi connectivity index (χ1) is 24.0. The normalized spacial score (nSPS) is 20.6. The van der Waals surface area contributed by atoms with E-state index in [9.17, 15) is 14.6 Å². The number of esters is 1. The maximum atomic E-state index is 14.6. The van der Waals surface area contributed by atoms with Crippen LogP contribution in [0.3, 0.4) is 0 Å². The van der Waals surface area contributed by atoms with Gasteiger partial charge in [-0.3, -0.25) is 14.1 Å². The summed E-state index contributed by atoms with van der Waals surface area (Å²) in [7, 11) is -4.21. The van der Waals surface area contributed by atoms with Gasteiger partial charge in [-0.25, -0.2) is 18.9 Å². The Morgan fingerprint density at radius 2 is 1.65 bits per heavy atom. The molecule has 3 aromatic rings. The number of ether oxygens (including phenoxy) is 2. The maximum absolute atomic E-state index is 14.6. The van der Waals surface area contributed by atoms with E-state index in [2.05, 4.69) is 73.5 Å². The highest BCUT2D eigenvalue weighted by atomic mass is 31.2. The van der Waals surface area contributed by atoms with Crippen LogP contribution in [0.1, 0.15) is 131 Å². The molecule has 282 valence electrons. The number of aromatic amines is 1. The number of fused-ring (bicyclic) bond motifs is 1. The van der Waals surface area contributed by atoms with Gasteiger partial charge in [-0.2, -0.15) is 5.26 Å². The molecule has 2 aromatic heterocycles. The van der Waals surface area contributed by atoms with Gasteiger partial charge >= 0.3 is 13.8 Å². The highest BCUT2D eigenvalue weighted by Crippen LogP contribution is 2.52. The molecular formula is C39H59N4O7P. The molecular weight excluding hydrogens is 667 g/mol. The quantitative estimate of drug-likeness (QED) is 0.120. The average molecular weight is 727 g/mol. The number of nitrogens with zero attached hydrogens (tertiary/aromatic N) is 3. The standard InChI is InChI=1S/C39H59N4O7P/c1-12-16-19-26(13-2)48-31-21-18-17-20-27(31)34-41-35-32(28(24-40)36(43(35)42-34)50-51(45,46-14-3)47-15-4)37(44)49-33-29(38(6,7)8)22-25(5)23-30(33)39(9,10)11/h17-18,20-21,25-26,29-30,33H,12-16,19,22-23H2,1-11H3,(H,41,42). The smallest absolute Gasteiger partial charge is 0.490 e. The summed E-state index contributed by atoms with van der Waals surface area (Å²) in [4.78, 5) is 19.5. The predicted molar refractivity (Wildman–Crippen MR) is 199 cm³/mol. The molecule has 0 saturated heterocycles. The maximum Gasteiger partial charge on any atom is 0.531 e. The molecule has 3 unspecified atom stereocenters. The first kappa shape index (κ1) is 40.5. The second-order valence-corrected chi connectivity index (χ2v) is 17.5. The van der Waals surface area contributed by atoms with E-state index in [-0.39, 0.29) is 64.6 Å². The third kappa shape index (κ3) is 9.19. The molecule has 3 atom stereocenters. The van der Waals surface area contributed by atoms with Crippen LogP contribution in [0.5, 0.6) is 11.6 Å². The number of phosphoric acid groups is 1. The van der Waals surface area contributed by atoms with Crippen LogP contribution >= 0.6 is 7.82 Å². The fraction of sp³-hybridized carbons (Fsp3) is 0.667. The highest BCUT2D eigenvalue weighted by molar-refractivity contribution is 7.48. The SMILES string of the molecule is CCCCC(CC)Oc1ccccc1-c1nc2c(C(=O)OC3C(C(C)(C)C)CC(C)CC3C(C)(C)C)c(C#N)c(OP(=O)(OCC)OCC)n2[nH]1. The third-order valence-electron chi connectivity index (χ3n) is 9.97. The monoisotopic (exact) mass is 726 g/mol. The van der Waals surface area contributed by atoms with Gasteiger partial charge in [0.1, 0.15) is 29.0 Å². The Labute approximate surface area is 304 Å². The molecule has 1 aliphatic rings. The number of benzene rings is 1. The zero-order chi connectivity index (χ0) is 37.7.